The molecule has 1 aliphatic rings. The van der Waals surface area contributed by atoms with Gasteiger partial charge in [-0.15, -0.1) is 22.7 Å². The fourth-order valence-electron chi connectivity index (χ4n) is 3.10. The van der Waals surface area contributed by atoms with Crippen LogP contribution in [0, 0.1) is 11.3 Å². The fraction of sp³-hybridized carbons (Fsp3) is 0.389. The summed E-state index contributed by atoms with van der Waals surface area (Å²) in [5, 5.41) is 17.5. The van der Waals surface area contributed by atoms with Gasteiger partial charge < -0.3 is 15.0 Å². The van der Waals surface area contributed by atoms with E-state index in [9.17, 15) is 0 Å². The van der Waals surface area contributed by atoms with Crippen LogP contribution in [-0.2, 0) is 11.3 Å². The second kappa shape index (κ2) is 8.10. The molecule has 1 fully saturated rings. The zero-order chi connectivity index (χ0) is 17.8. The number of nitrogens with one attached hydrogen (secondary N) is 2. The average Bonchev–Trinajstić information content (AvgIpc) is 3.32. The highest BCUT2D eigenvalue weighted by atomic mass is 32.1. The molecule has 4 heterocycles. The van der Waals surface area contributed by atoms with Crippen molar-refractivity contribution in [2.75, 3.05) is 38.2 Å². The van der Waals surface area contributed by atoms with Crippen molar-refractivity contribution in [2.24, 2.45) is 0 Å². The van der Waals surface area contributed by atoms with Crippen molar-refractivity contribution in [1.29, 1.82) is 5.26 Å². The Labute approximate surface area is 160 Å². The highest BCUT2D eigenvalue weighted by Gasteiger charge is 2.20. The molecule has 3 aromatic rings. The molecule has 0 aromatic carbocycles. The number of anilines is 1. The van der Waals surface area contributed by atoms with Crippen LogP contribution in [0.25, 0.3) is 20.7 Å². The first-order valence-electron chi connectivity index (χ1n) is 8.69. The van der Waals surface area contributed by atoms with Gasteiger partial charge in [0.2, 0.25) is 0 Å². The van der Waals surface area contributed by atoms with Gasteiger partial charge in [-0.1, -0.05) is 6.07 Å². The Kier molecular flexibility index (Phi) is 5.41. The van der Waals surface area contributed by atoms with Gasteiger partial charge in [0, 0.05) is 22.4 Å². The zero-order valence-electron chi connectivity index (χ0n) is 14.3. The van der Waals surface area contributed by atoms with Crippen LogP contribution < -0.4 is 10.2 Å². The van der Waals surface area contributed by atoms with Gasteiger partial charge in [-0.25, -0.2) is 9.97 Å². The highest BCUT2D eigenvalue weighted by molar-refractivity contribution is 7.18. The van der Waals surface area contributed by atoms with Crippen molar-refractivity contribution >= 4 is 38.7 Å². The molecule has 0 atom stereocenters. The fourth-order valence-corrected chi connectivity index (χ4v) is 4.88. The van der Waals surface area contributed by atoms with Gasteiger partial charge in [0.25, 0.3) is 0 Å². The Balaban J connectivity index is 1.70. The van der Waals surface area contributed by atoms with Crippen molar-refractivity contribution in [3.63, 3.8) is 0 Å². The van der Waals surface area contributed by atoms with Crippen molar-refractivity contribution in [1.82, 2.24) is 9.97 Å². The van der Waals surface area contributed by atoms with Crippen molar-refractivity contribution in [3.05, 3.63) is 28.7 Å². The number of thiophene rings is 2. The number of nitrogens with zero attached hydrogens (tertiary/aromatic N) is 3. The molecule has 0 radical (unpaired) electrons. The van der Waals surface area contributed by atoms with E-state index in [2.05, 4.69) is 34.3 Å². The lowest BCUT2D eigenvalue weighted by molar-refractivity contribution is -0.922. The molecular formula is C18H20N5OS2+. The molecule has 6 nitrogen and oxygen atoms in total. The summed E-state index contributed by atoms with van der Waals surface area (Å²) >= 11 is 3.38. The van der Waals surface area contributed by atoms with Crippen LogP contribution in [0.1, 0.15) is 12.2 Å². The first-order valence-corrected chi connectivity index (χ1v) is 10.4. The van der Waals surface area contributed by atoms with E-state index in [0.29, 0.717) is 13.0 Å². The summed E-state index contributed by atoms with van der Waals surface area (Å²) < 4.78 is 5.44. The molecule has 0 saturated carbocycles. The topological polar surface area (TPSA) is 75.3 Å². The minimum absolute atomic E-state index is 0.452. The van der Waals surface area contributed by atoms with E-state index in [1.807, 2.05) is 0 Å². The Hall–Kier alpha value is -2.05. The molecule has 1 saturated heterocycles. The van der Waals surface area contributed by atoms with E-state index in [0.717, 1.165) is 54.7 Å². The molecule has 0 amide bonds. The van der Waals surface area contributed by atoms with E-state index < -0.39 is 0 Å². The molecule has 1 aliphatic heterocycles. The lowest BCUT2D eigenvalue weighted by atomic mass is 10.2. The molecule has 0 spiro atoms. The molecule has 26 heavy (non-hydrogen) atoms. The van der Waals surface area contributed by atoms with Gasteiger partial charge in [0.05, 0.1) is 31.1 Å². The van der Waals surface area contributed by atoms with E-state index >= 15 is 0 Å². The van der Waals surface area contributed by atoms with Crippen LogP contribution in [0.15, 0.2) is 22.9 Å². The molecule has 2 N–H and O–H groups in total. The Morgan fingerprint density at radius 3 is 2.92 bits per heavy atom. The Bertz CT molecular complexity index is 910. The summed E-state index contributed by atoms with van der Waals surface area (Å²) in [6.07, 6.45) is 0.452. The van der Waals surface area contributed by atoms with Crippen LogP contribution in [-0.4, -0.2) is 42.8 Å². The highest BCUT2D eigenvalue weighted by Crippen LogP contribution is 2.38. The molecule has 0 unspecified atom stereocenters. The summed E-state index contributed by atoms with van der Waals surface area (Å²) in [7, 11) is 0. The van der Waals surface area contributed by atoms with Crippen LogP contribution in [0.5, 0.6) is 0 Å². The SMILES string of the molecule is N#CCCNc1nc(C[NH+]2CCOCC2)nc2scc(-c3cccs3)c12. The second-order valence-electron chi connectivity index (χ2n) is 6.17. The number of fused-ring (bicyclic) bond motifs is 1. The monoisotopic (exact) mass is 386 g/mol. The van der Waals surface area contributed by atoms with Gasteiger partial charge in [0.15, 0.2) is 5.82 Å². The third kappa shape index (κ3) is 3.71. The standard InChI is InChI=1S/C18H19N5OS2/c19-4-2-5-20-17-16-13(14-3-1-10-25-14)12-26-18(16)22-15(21-17)11-23-6-8-24-9-7-23/h1,3,10,12H,2,5-9,11H2,(H,20,21,22)/p+1. The maximum atomic E-state index is 8.86. The van der Waals surface area contributed by atoms with E-state index in [1.54, 1.807) is 22.7 Å². The minimum atomic E-state index is 0.452. The van der Waals surface area contributed by atoms with E-state index in [-0.39, 0.29) is 0 Å². The second-order valence-corrected chi connectivity index (χ2v) is 7.98. The van der Waals surface area contributed by atoms with Gasteiger partial charge in [0.1, 0.15) is 30.3 Å². The van der Waals surface area contributed by atoms with Crippen molar-refractivity contribution in [2.45, 2.75) is 13.0 Å². The molecule has 3 aromatic heterocycles. The smallest absolute Gasteiger partial charge is 0.187 e. The number of quaternary nitrogens is 1. The lowest BCUT2D eigenvalue weighted by Crippen LogP contribution is -3.12. The molecule has 8 heteroatoms. The first kappa shape index (κ1) is 17.4. The Morgan fingerprint density at radius 2 is 2.15 bits per heavy atom. The molecule has 4 rings (SSSR count). The number of morpholine rings is 1. The van der Waals surface area contributed by atoms with Crippen molar-refractivity contribution < 1.29 is 9.64 Å². The van der Waals surface area contributed by atoms with Gasteiger partial charge in [-0.05, 0) is 11.4 Å². The molecule has 134 valence electrons. The third-order valence-corrected chi connectivity index (χ3v) is 6.18. The van der Waals surface area contributed by atoms with Crippen LogP contribution in [0.4, 0.5) is 5.82 Å². The molecule has 0 aliphatic carbocycles. The van der Waals surface area contributed by atoms with Crippen molar-refractivity contribution in [3.8, 4) is 16.5 Å². The van der Waals surface area contributed by atoms with Gasteiger partial charge in [-0.3, -0.25) is 0 Å². The summed E-state index contributed by atoms with van der Waals surface area (Å²) in [4.78, 5) is 13.3. The minimum Gasteiger partial charge on any atom is -0.370 e. The zero-order valence-corrected chi connectivity index (χ0v) is 16.0. The average molecular weight is 387 g/mol. The summed E-state index contributed by atoms with van der Waals surface area (Å²) in [6.45, 7) is 4.97. The summed E-state index contributed by atoms with van der Waals surface area (Å²) in [5.41, 5.74) is 1.17. The van der Waals surface area contributed by atoms with Gasteiger partial charge >= 0.3 is 0 Å². The third-order valence-electron chi connectivity index (χ3n) is 4.40. The number of ether oxygens (including phenoxy) is 1. The number of aromatic nitrogens is 2. The number of hydrogen-bond acceptors (Lipinski definition) is 7. The van der Waals surface area contributed by atoms with E-state index in [4.69, 9.17) is 20.0 Å². The number of rotatable bonds is 6. The normalized spacial score (nSPS) is 15.2. The first-order chi connectivity index (χ1) is 12.8. The lowest BCUT2D eigenvalue weighted by Gasteiger charge is -2.23. The number of hydrogen-bond donors (Lipinski definition) is 2. The van der Waals surface area contributed by atoms with E-state index in [1.165, 1.54) is 15.3 Å². The van der Waals surface area contributed by atoms with Crippen LogP contribution >= 0.6 is 22.7 Å². The predicted octanol–water partition coefficient (Wildman–Crippen LogP) is 2.16. The summed E-state index contributed by atoms with van der Waals surface area (Å²) in [5.74, 6) is 1.70. The summed E-state index contributed by atoms with van der Waals surface area (Å²) in [6, 6.07) is 6.36. The maximum Gasteiger partial charge on any atom is 0.187 e. The largest absolute Gasteiger partial charge is 0.370 e. The molecule has 0 bridgehead atoms. The quantitative estimate of drug-likeness (QED) is 0.635. The van der Waals surface area contributed by atoms with Crippen LogP contribution in [0.3, 0.4) is 0 Å². The Morgan fingerprint density at radius 1 is 1.27 bits per heavy atom. The number of nitriles is 1. The van der Waals surface area contributed by atoms with Gasteiger partial charge in [-0.2, -0.15) is 5.26 Å². The predicted molar refractivity (Wildman–Crippen MR) is 105 cm³/mol. The van der Waals surface area contributed by atoms with Crippen LogP contribution in [0.2, 0.25) is 0 Å². The molecular weight excluding hydrogens is 366 g/mol. The maximum absolute atomic E-state index is 8.86.